The molecule has 0 heterocycles. The summed E-state index contributed by atoms with van der Waals surface area (Å²) in [6.07, 6.45) is 3.00. The highest BCUT2D eigenvalue weighted by atomic mass is 16.5. The van der Waals surface area contributed by atoms with Gasteiger partial charge in [0, 0.05) is 33.9 Å². The van der Waals surface area contributed by atoms with Gasteiger partial charge < -0.3 is 20.1 Å². The van der Waals surface area contributed by atoms with Crippen LogP contribution in [0.15, 0.2) is 0 Å². The van der Waals surface area contributed by atoms with Crippen molar-refractivity contribution in [3.8, 4) is 0 Å². The molecule has 2 N–H and O–H groups in total. The van der Waals surface area contributed by atoms with Crippen molar-refractivity contribution in [1.29, 1.82) is 0 Å². The molecule has 0 aromatic carbocycles. The van der Waals surface area contributed by atoms with Gasteiger partial charge in [0.25, 0.3) is 0 Å². The molecule has 90 valence electrons. The highest BCUT2D eigenvalue weighted by molar-refractivity contribution is 4.75. The van der Waals surface area contributed by atoms with Crippen molar-refractivity contribution in [3.05, 3.63) is 0 Å². The Bertz CT molecular complexity index is 152. The van der Waals surface area contributed by atoms with E-state index in [2.05, 4.69) is 10.6 Å². The van der Waals surface area contributed by atoms with Crippen molar-refractivity contribution >= 4 is 0 Å². The number of hydrogen-bond acceptors (Lipinski definition) is 4. The second-order valence-electron chi connectivity index (χ2n) is 4.16. The van der Waals surface area contributed by atoms with Gasteiger partial charge in [-0.15, -0.1) is 0 Å². The summed E-state index contributed by atoms with van der Waals surface area (Å²) in [5.74, 6) is 0.963. The Morgan fingerprint density at radius 1 is 1.20 bits per heavy atom. The van der Waals surface area contributed by atoms with Gasteiger partial charge in [0.1, 0.15) is 0 Å². The predicted molar refractivity (Wildman–Crippen MR) is 61.1 cm³/mol. The van der Waals surface area contributed by atoms with E-state index in [1.54, 1.807) is 14.2 Å². The lowest BCUT2D eigenvalue weighted by molar-refractivity contribution is 0.0291. The molecule has 1 saturated carbocycles. The molecule has 1 aliphatic carbocycles. The molecular formula is C11H24N2O2. The topological polar surface area (TPSA) is 42.5 Å². The van der Waals surface area contributed by atoms with Gasteiger partial charge in [-0.25, -0.2) is 0 Å². The Labute approximate surface area is 92.7 Å². The van der Waals surface area contributed by atoms with Crippen molar-refractivity contribution in [2.24, 2.45) is 5.92 Å². The summed E-state index contributed by atoms with van der Waals surface area (Å²) in [6.45, 7) is 4.73. The van der Waals surface area contributed by atoms with Crippen LogP contribution in [0.1, 0.15) is 12.8 Å². The molecule has 1 rings (SSSR count). The molecule has 0 aromatic heterocycles. The van der Waals surface area contributed by atoms with Crippen molar-refractivity contribution in [2.75, 3.05) is 47.0 Å². The van der Waals surface area contributed by atoms with Gasteiger partial charge in [0.15, 0.2) is 0 Å². The normalized spacial score (nSPS) is 18.0. The second kappa shape index (κ2) is 8.05. The SMILES string of the molecule is COCC(CNCCNCC1CC1)OC. The first-order chi connectivity index (χ1) is 7.36. The summed E-state index contributed by atoms with van der Waals surface area (Å²) >= 11 is 0. The maximum absolute atomic E-state index is 5.24. The molecule has 0 bridgehead atoms. The van der Waals surface area contributed by atoms with E-state index in [1.807, 2.05) is 0 Å². The summed E-state index contributed by atoms with van der Waals surface area (Å²) in [6, 6.07) is 0. The zero-order valence-electron chi connectivity index (χ0n) is 9.92. The third-order valence-corrected chi connectivity index (χ3v) is 2.67. The van der Waals surface area contributed by atoms with Gasteiger partial charge >= 0.3 is 0 Å². The molecule has 0 saturated heterocycles. The van der Waals surface area contributed by atoms with Gasteiger partial charge in [-0.3, -0.25) is 0 Å². The minimum atomic E-state index is 0.165. The van der Waals surface area contributed by atoms with E-state index in [-0.39, 0.29) is 6.10 Å². The average Bonchev–Trinajstić information content (AvgIpc) is 3.05. The molecule has 15 heavy (non-hydrogen) atoms. The van der Waals surface area contributed by atoms with Gasteiger partial charge in [-0.05, 0) is 25.3 Å². The van der Waals surface area contributed by atoms with E-state index < -0.39 is 0 Å². The minimum Gasteiger partial charge on any atom is -0.382 e. The molecule has 4 heteroatoms. The number of ether oxygens (including phenoxy) is 2. The van der Waals surface area contributed by atoms with E-state index in [1.165, 1.54) is 19.4 Å². The van der Waals surface area contributed by atoms with Crippen molar-refractivity contribution < 1.29 is 9.47 Å². The van der Waals surface area contributed by atoms with Crippen LogP contribution in [0, 0.1) is 5.92 Å². The van der Waals surface area contributed by atoms with Crippen LogP contribution in [0.2, 0.25) is 0 Å². The summed E-state index contributed by atoms with van der Waals surface area (Å²) in [5, 5.41) is 6.78. The molecule has 1 atom stereocenters. The van der Waals surface area contributed by atoms with Crippen molar-refractivity contribution in [2.45, 2.75) is 18.9 Å². The highest BCUT2D eigenvalue weighted by Gasteiger charge is 2.19. The molecule has 0 aromatic rings. The largest absolute Gasteiger partial charge is 0.382 e. The zero-order valence-corrected chi connectivity index (χ0v) is 9.92. The molecule has 1 fully saturated rings. The average molecular weight is 216 g/mol. The summed E-state index contributed by atoms with van der Waals surface area (Å²) in [5.41, 5.74) is 0. The van der Waals surface area contributed by atoms with Gasteiger partial charge in [0.05, 0.1) is 12.7 Å². The Morgan fingerprint density at radius 2 is 1.93 bits per heavy atom. The number of rotatable bonds is 10. The van der Waals surface area contributed by atoms with Crippen LogP contribution in [-0.2, 0) is 9.47 Å². The molecule has 1 unspecified atom stereocenters. The third kappa shape index (κ3) is 6.84. The third-order valence-electron chi connectivity index (χ3n) is 2.67. The van der Waals surface area contributed by atoms with Crippen LogP contribution >= 0.6 is 0 Å². The van der Waals surface area contributed by atoms with Crippen molar-refractivity contribution in [1.82, 2.24) is 10.6 Å². The highest BCUT2D eigenvalue weighted by Crippen LogP contribution is 2.27. The van der Waals surface area contributed by atoms with E-state index >= 15 is 0 Å². The Kier molecular flexibility index (Phi) is 6.92. The smallest absolute Gasteiger partial charge is 0.0928 e. The quantitative estimate of drug-likeness (QED) is 0.513. The van der Waals surface area contributed by atoms with E-state index in [9.17, 15) is 0 Å². The van der Waals surface area contributed by atoms with Crippen LogP contribution < -0.4 is 10.6 Å². The lowest BCUT2D eigenvalue weighted by Gasteiger charge is -2.15. The Hall–Kier alpha value is -0.160. The van der Waals surface area contributed by atoms with E-state index in [4.69, 9.17) is 9.47 Å². The molecule has 0 amide bonds. The molecule has 0 spiro atoms. The summed E-state index contributed by atoms with van der Waals surface area (Å²) in [4.78, 5) is 0. The monoisotopic (exact) mass is 216 g/mol. The fourth-order valence-electron chi connectivity index (χ4n) is 1.46. The molecule has 0 radical (unpaired) electrons. The molecular weight excluding hydrogens is 192 g/mol. The number of hydrogen-bond donors (Lipinski definition) is 2. The maximum Gasteiger partial charge on any atom is 0.0928 e. The predicted octanol–water partition coefficient (Wildman–Crippen LogP) is 0.237. The van der Waals surface area contributed by atoms with E-state index in [0.717, 1.165) is 25.6 Å². The maximum atomic E-state index is 5.24. The van der Waals surface area contributed by atoms with Crippen LogP contribution in [0.25, 0.3) is 0 Å². The standard InChI is InChI=1S/C11H24N2O2/c1-14-9-11(15-2)8-13-6-5-12-7-10-3-4-10/h10-13H,3-9H2,1-2H3. The van der Waals surface area contributed by atoms with E-state index in [0.29, 0.717) is 6.61 Å². The number of methoxy groups -OCH3 is 2. The van der Waals surface area contributed by atoms with Crippen LogP contribution in [0.3, 0.4) is 0 Å². The van der Waals surface area contributed by atoms with Crippen LogP contribution in [0.4, 0.5) is 0 Å². The Balaban J connectivity index is 1.81. The fraction of sp³-hybridized carbons (Fsp3) is 1.00. The first-order valence-corrected chi connectivity index (χ1v) is 5.80. The lowest BCUT2D eigenvalue weighted by Crippen LogP contribution is -2.36. The summed E-state index contributed by atoms with van der Waals surface area (Å²) < 4.78 is 10.3. The number of nitrogens with one attached hydrogen (secondary N) is 2. The molecule has 1 aliphatic rings. The van der Waals surface area contributed by atoms with Gasteiger partial charge in [-0.2, -0.15) is 0 Å². The van der Waals surface area contributed by atoms with Gasteiger partial charge in [0.2, 0.25) is 0 Å². The molecule has 4 nitrogen and oxygen atoms in total. The molecule has 0 aliphatic heterocycles. The van der Waals surface area contributed by atoms with Crippen molar-refractivity contribution in [3.63, 3.8) is 0 Å². The summed E-state index contributed by atoms with van der Waals surface area (Å²) in [7, 11) is 3.42. The minimum absolute atomic E-state index is 0.165. The van der Waals surface area contributed by atoms with Gasteiger partial charge in [-0.1, -0.05) is 0 Å². The first-order valence-electron chi connectivity index (χ1n) is 5.80. The lowest BCUT2D eigenvalue weighted by atomic mass is 10.3. The zero-order chi connectivity index (χ0) is 10.9. The second-order valence-corrected chi connectivity index (χ2v) is 4.16. The Morgan fingerprint density at radius 3 is 2.53 bits per heavy atom. The fourth-order valence-corrected chi connectivity index (χ4v) is 1.46. The van der Waals surface area contributed by atoms with Crippen LogP contribution in [0.5, 0.6) is 0 Å². The first kappa shape index (κ1) is 12.9. The van der Waals surface area contributed by atoms with Crippen LogP contribution in [-0.4, -0.2) is 53.1 Å².